The molecule has 0 aromatic heterocycles. The van der Waals surface area contributed by atoms with Crippen LogP contribution in [0, 0.1) is 5.92 Å². The Labute approximate surface area is 93.1 Å². The molecule has 3 heteroatoms. The van der Waals surface area contributed by atoms with Gasteiger partial charge in [-0.3, -0.25) is 4.79 Å². The molecule has 0 aliphatic carbocycles. The van der Waals surface area contributed by atoms with Crippen molar-refractivity contribution in [3.05, 3.63) is 12.7 Å². The third kappa shape index (κ3) is 7.14. The second-order valence-electron chi connectivity index (χ2n) is 4.51. The van der Waals surface area contributed by atoms with E-state index in [9.17, 15) is 4.79 Å². The molecule has 0 rings (SSSR count). The van der Waals surface area contributed by atoms with Crippen molar-refractivity contribution in [1.82, 2.24) is 5.32 Å². The van der Waals surface area contributed by atoms with Crippen LogP contribution in [-0.2, 0) is 4.79 Å². The topological polar surface area (TPSA) is 55.1 Å². The molecular weight excluding hydrogens is 188 g/mol. The molecular formula is C12H24N2O. The molecule has 0 aromatic carbocycles. The lowest BCUT2D eigenvalue weighted by atomic mass is 10.0. The molecule has 3 N–H and O–H groups in total. The van der Waals surface area contributed by atoms with Gasteiger partial charge in [-0.15, -0.1) is 6.58 Å². The Morgan fingerprint density at radius 3 is 2.47 bits per heavy atom. The molecule has 3 nitrogen and oxygen atoms in total. The Morgan fingerprint density at radius 1 is 1.40 bits per heavy atom. The molecule has 0 fully saturated rings. The van der Waals surface area contributed by atoms with Gasteiger partial charge >= 0.3 is 0 Å². The van der Waals surface area contributed by atoms with Gasteiger partial charge in [-0.1, -0.05) is 19.9 Å². The Bertz CT molecular complexity index is 202. The predicted molar refractivity (Wildman–Crippen MR) is 64.5 cm³/mol. The lowest BCUT2D eigenvalue weighted by Gasteiger charge is -2.17. The number of amides is 1. The third-order valence-corrected chi connectivity index (χ3v) is 2.32. The molecule has 2 unspecified atom stereocenters. The highest BCUT2D eigenvalue weighted by molar-refractivity contribution is 5.81. The molecule has 0 heterocycles. The summed E-state index contributed by atoms with van der Waals surface area (Å²) in [5.41, 5.74) is 5.65. The maximum Gasteiger partial charge on any atom is 0.237 e. The van der Waals surface area contributed by atoms with Gasteiger partial charge in [0.2, 0.25) is 5.91 Å². The van der Waals surface area contributed by atoms with Crippen LogP contribution in [0.15, 0.2) is 12.7 Å². The van der Waals surface area contributed by atoms with Gasteiger partial charge < -0.3 is 11.1 Å². The Balaban J connectivity index is 3.79. The number of rotatable bonds is 7. The van der Waals surface area contributed by atoms with E-state index in [2.05, 4.69) is 25.7 Å². The van der Waals surface area contributed by atoms with Gasteiger partial charge in [0, 0.05) is 6.04 Å². The van der Waals surface area contributed by atoms with Gasteiger partial charge in [-0.25, -0.2) is 0 Å². The van der Waals surface area contributed by atoms with Crippen LogP contribution in [0.2, 0.25) is 0 Å². The van der Waals surface area contributed by atoms with E-state index in [4.69, 9.17) is 5.73 Å². The summed E-state index contributed by atoms with van der Waals surface area (Å²) >= 11 is 0. The first-order valence-electron chi connectivity index (χ1n) is 5.64. The van der Waals surface area contributed by atoms with Crippen molar-refractivity contribution in [3.8, 4) is 0 Å². The van der Waals surface area contributed by atoms with Crippen LogP contribution in [0.4, 0.5) is 0 Å². The van der Waals surface area contributed by atoms with Gasteiger partial charge in [0.1, 0.15) is 0 Å². The first-order valence-corrected chi connectivity index (χ1v) is 5.64. The van der Waals surface area contributed by atoms with Crippen molar-refractivity contribution in [2.24, 2.45) is 11.7 Å². The number of nitrogens with two attached hydrogens (primary N) is 1. The van der Waals surface area contributed by atoms with Crippen molar-refractivity contribution < 1.29 is 4.79 Å². The standard InChI is InChI=1S/C12H24N2O/c1-5-6-11(13)12(15)14-10(4)8-7-9(2)3/h5,9-11H,1,6-8,13H2,2-4H3,(H,14,15). The molecule has 0 radical (unpaired) electrons. The van der Waals surface area contributed by atoms with Crippen LogP contribution in [0.5, 0.6) is 0 Å². The zero-order valence-electron chi connectivity index (χ0n) is 10.1. The monoisotopic (exact) mass is 212 g/mol. The van der Waals surface area contributed by atoms with Crippen LogP contribution < -0.4 is 11.1 Å². The minimum atomic E-state index is -0.455. The molecule has 1 amide bonds. The fraction of sp³-hybridized carbons (Fsp3) is 0.750. The summed E-state index contributed by atoms with van der Waals surface area (Å²) in [5.74, 6) is 0.595. The largest absolute Gasteiger partial charge is 0.352 e. The molecule has 0 aliphatic heterocycles. The van der Waals surface area contributed by atoms with E-state index in [0.717, 1.165) is 12.8 Å². The second kappa shape index (κ2) is 7.46. The molecule has 0 bridgehead atoms. The Morgan fingerprint density at radius 2 is 2.00 bits per heavy atom. The first-order chi connectivity index (χ1) is 6.97. The summed E-state index contributed by atoms with van der Waals surface area (Å²) in [4.78, 5) is 11.5. The zero-order valence-corrected chi connectivity index (χ0v) is 10.1. The smallest absolute Gasteiger partial charge is 0.237 e. The fourth-order valence-corrected chi connectivity index (χ4v) is 1.29. The summed E-state index contributed by atoms with van der Waals surface area (Å²) in [5, 5.41) is 2.91. The number of hydrogen-bond donors (Lipinski definition) is 2. The zero-order chi connectivity index (χ0) is 11.8. The molecule has 0 saturated carbocycles. The maximum absolute atomic E-state index is 11.5. The van der Waals surface area contributed by atoms with E-state index in [1.807, 2.05) is 6.92 Å². The normalized spacial score (nSPS) is 14.7. The molecule has 0 aliphatic rings. The van der Waals surface area contributed by atoms with Crippen LogP contribution >= 0.6 is 0 Å². The minimum Gasteiger partial charge on any atom is -0.352 e. The highest BCUT2D eigenvalue weighted by Gasteiger charge is 2.14. The molecule has 0 spiro atoms. The van der Waals surface area contributed by atoms with Crippen molar-refractivity contribution in [2.75, 3.05) is 0 Å². The molecule has 88 valence electrons. The van der Waals surface area contributed by atoms with Crippen molar-refractivity contribution in [1.29, 1.82) is 0 Å². The first kappa shape index (κ1) is 14.2. The summed E-state index contributed by atoms with van der Waals surface area (Å²) in [6.07, 6.45) is 4.33. The SMILES string of the molecule is C=CCC(N)C(=O)NC(C)CCC(C)C. The third-order valence-electron chi connectivity index (χ3n) is 2.32. The number of nitrogens with one attached hydrogen (secondary N) is 1. The van der Waals surface area contributed by atoms with Gasteiger partial charge in [-0.05, 0) is 32.1 Å². The van der Waals surface area contributed by atoms with E-state index < -0.39 is 6.04 Å². The second-order valence-corrected chi connectivity index (χ2v) is 4.51. The van der Waals surface area contributed by atoms with Crippen molar-refractivity contribution >= 4 is 5.91 Å². The average Bonchev–Trinajstić information content (AvgIpc) is 2.15. The quantitative estimate of drug-likeness (QED) is 0.633. The highest BCUT2D eigenvalue weighted by atomic mass is 16.2. The van der Waals surface area contributed by atoms with E-state index in [1.54, 1.807) is 6.08 Å². The Hall–Kier alpha value is -0.830. The van der Waals surface area contributed by atoms with E-state index in [0.29, 0.717) is 12.3 Å². The van der Waals surface area contributed by atoms with Crippen LogP contribution in [-0.4, -0.2) is 18.0 Å². The lowest BCUT2D eigenvalue weighted by molar-refractivity contribution is -0.122. The van der Waals surface area contributed by atoms with Crippen molar-refractivity contribution in [3.63, 3.8) is 0 Å². The fourth-order valence-electron chi connectivity index (χ4n) is 1.29. The van der Waals surface area contributed by atoms with Gasteiger partial charge in [0.05, 0.1) is 6.04 Å². The molecule has 15 heavy (non-hydrogen) atoms. The number of hydrogen-bond acceptors (Lipinski definition) is 2. The number of carbonyl (C=O) groups excluding carboxylic acids is 1. The van der Waals surface area contributed by atoms with Gasteiger partial charge in [0.15, 0.2) is 0 Å². The van der Waals surface area contributed by atoms with E-state index >= 15 is 0 Å². The van der Waals surface area contributed by atoms with Gasteiger partial charge in [0.25, 0.3) is 0 Å². The van der Waals surface area contributed by atoms with E-state index in [1.165, 1.54) is 0 Å². The van der Waals surface area contributed by atoms with E-state index in [-0.39, 0.29) is 11.9 Å². The van der Waals surface area contributed by atoms with Crippen LogP contribution in [0.25, 0.3) is 0 Å². The number of carbonyl (C=O) groups is 1. The summed E-state index contributed by atoms with van der Waals surface area (Å²) < 4.78 is 0. The van der Waals surface area contributed by atoms with Crippen LogP contribution in [0.1, 0.15) is 40.0 Å². The summed E-state index contributed by atoms with van der Waals surface area (Å²) in [6.45, 7) is 9.93. The predicted octanol–water partition coefficient (Wildman–Crippen LogP) is 1.83. The molecule has 0 saturated heterocycles. The maximum atomic E-state index is 11.5. The van der Waals surface area contributed by atoms with Crippen molar-refractivity contribution in [2.45, 2.75) is 52.1 Å². The molecule has 0 aromatic rings. The summed E-state index contributed by atoms with van der Waals surface area (Å²) in [7, 11) is 0. The lowest BCUT2D eigenvalue weighted by Crippen LogP contribution is -2.44. The highest BCUT2D eigenvalue weighted by Crippen LogP contribution is 2.06. The van der Waals surface area contributed by atoms with Gasteiger partial charge in [-0.2, -0.15) is 0 Å². The molecule has 2 atom stereocenters. The Kier molecular flexibility index (Phi) is 7.05. The average molecular weight is 212 g/mol. The minimum absolute atomic E-state index is 0.0776. The summed E-state index contributed by atoms with van der Waals surface area (Å²) in [6, 6.07) is -0.250. The van der Waals surface area contributed by atoms with Crippen LogP contribution in [0.3, 0.4) is 0 Å².